The van der Waals surface area contributed by atoms with Gasteiger partial charge in [0.1, 0.15) is 0 Å². The first-order valence-electron chi connectivity index (χ1n) is 14.6. The Balaban J connectivity index is 1.94. The Morgan fingerprint density at radius 3 is 2.54 bits per heavy atom. The van der Waals surface area contributed by atoms with Gasteiger partial charge in [0, 0.05) is 31.6 Å². The number of carboxylic acid groups (broad SMARTS) is 1. The summed E-state index contributed by atoms with van der Waals surface area (Å²) in [6.07, 6.45) is 6.41. The summed E-state index contributed by atoms with van der Waals surface area (Å²) >= 11 is 0. The molecule has 3 N–H and O–H groups in total. The summed E-state index contributed by atoms with van der Waals surface area (Å²) in [4.78, 5) is 30.6. The molecule has 1 fully saturated rings. The monoisotopic (exact) mass is 547 g/mol. The molecule has 1 amide bonds. The third-order valence-corrected chi connectivity index (χ3v) is 8.19. The molecular weight excluding hydrogens is 498 g/mol. The molecule has 1 aromatic carbocycles. The van der Waals surface area contributed by atoms with E-state index in [-0.39, 0.29) is 36.6 Å². The van der Waals surface area contributed by atoms with Gasteiger partial charge in [-0.2, -0.15) is 0 Å². The van der Waals surface area contributed by atoms with Crippen LogP contribution in [0.25, 0.3) is 0 Å². The van der Waals surface area contributed by atoms with E-state index < -0.39 is 11.9 Å². The number of likely N-dealkylation sites (tertiary alicyclic amines) is 1. The van der Waals surface area contributed by atoms with Crippen LogP contribution in [0.3, 0.4) is 0 Å². The van der Waals surface area contributed by atoms with Crippen LogP contribution in [-0.4, -0.2) is 79.5 Å². The highest BCUT2D eigenvalue weighted by Crippen LogP contribution is 2.48. The van der Waals surface area contributed by atoms with Crippen molar-refractivity contribution in [3.8, 4) is 17.2 Å². The molecule has 0 aliphatic carbocycles. The third kappa shape index (κ3) is 7.78. The molecule has 2 aliphatic rings. The summed E-state index contributed by atoms with van der Waals surface area (Å²) in [6.45, 7) is 11.5. The number of rotatable bonds is 16. The Kier molecular flexibility index (Phi) is 11.3. The van der Waals surface area contributed by atoms with Crippen molar-refractivity contribution < 1.29 is 28.9 Å². The highest BCUT2D eigenvalue weighted by molar-refractivity contribution is 5.79. The molecule has 0 spiro atoms. The van der Waals surface area contributed by atoms with Crippen molar-refractivity contribution in [1.29, 1.82) is 0 Å². The number of unbranched alkanes of at least 4 members (excludes halogenated alkanes) is 2. The van der Waals surface area contributed by atoms with Gasteiger partial charge in [-0.25, -0.2) is 0 Å². The summed E-state index contributed by atoms with van der Waals surface area (Å²) in [5.74, 6) is -0.115. The van der Waals surface area contributed by atoms with Crippen molar-refractivity contribution in [1.82, 2.24) is 9.80 Å². The second kappa shape index (κ2) is 14.2. The van der Waals surface area contributed by atoms with Gasteiger partial charge in [-0.05, 0) is 61.8 Å². The van der Waals surface area contributed by atoms with Crippen molar-refractivity contribution in [2.75, 3.05) is 46.6 Å². The van der Waals surface area contributed by atoms with Crippen LogP contribution in [0.15, 0.2) is 12.1 Å². The van der Waals surface area contributed by atoms with Crippen molar-refractivity contribution in [3.63, 3.8) is 0 Å². The number of carboxylic acids is 1. The van der Waals surface area contributed by atoms with E-state index in [1.54, 1.807) is 7.11 Å². The van der Waals surface area contributed by atoms with Crippen LogP contribution in [0.4, 0.5) is 0 Å². The molecule has 0 saturated carbocycles. The number of nitrogens with zero attached hydrogens (tertiary/aromatic N) is 2. The minimum absolute atomic E-state index is 0.0566. The zero-order chi connectivity index (χ0) is 28.6. The van der Waals surface area contributed by atoms with Gasteiger partial charge in [-0.3, -0.25) is 14.5 Å². The summed E-state index contributed by atoms with van der Waals surface area (Å²) in [6, 6.07) is 3.48. The number of hydrogen-bond acceptors (Lipinski definition) is 7. The fourth-order valence-corrected chi connectivity index (χ4v) is 6.22. The van der Waals surface area contributed by atoms with Gasteiger partial charge in [0.15, 0.2) is 11.5 Å². The van der Waals surface area contributed by atoms with E-state index >= 15 is 0 Å². The maximum Gasteiger partial charge on any atom is 0.308 e. The zero-order valence-electron chi connectivity index (χ0n) is 24.5. The lowest BCUT2D eigenvalue weighted by Crippen LogP contribution is -2.46. The van der Waals surface area contributed by atoms with Gasteiger partial charge in [-0.15, -0.1) is 0 Å². The molecule has 0 aromatic heterocycles. The summed E-state index contributed by atoms with van der Waals surface area (Å²) in [7, 11) is 1.57. The van der Waals surface area contributed by atoms with E-state index in [1.165, 1.54) is 0 Å². The number of methoxy groups -OCH3 is 1. The maximum atomic E-state index is 13.7. The molecule has 9 nitrogen and oxygen atoms in total. The number of nitrogens with two attached hydrogens (primary N) is 1. The predicted molar refractivity (Wildman–Crippen MR) is 151 cm³/mol. The second-order valence-corrected chi connectivity index (χ2v) is 11.8. The standard InChI is InChI=1S/C30H49N3O6/c1-6-8-13-32(14-10-9-12-31)26(34)19-33-18-22(21-15-24(37-5)28-25(16-21)38-20-39-28)27(29(35)36)23(33)17-30(3,4)11-7-2/h15-16,22-23,27H,6-14,17-20,31H2,1-5H3,(H,35,36)/t22-,23+,27?/m1/s1. The first kappa shape index (κ1) is 31.0. The van der Waals surface area contributed by atoms with Gasteiger partial charge < -0.3 is 30.0 Å². The minimum atomic E-state index is -0.838. The molecule has 3 rings (SSSR count). The molecule has 9 heteroatoms. The number of carbonyl (C=O) groups is 2. The molecule has 1 aromatic rings. The average Bonchev–Trinajstić information content (AvgIpc) is 3.50. The quantitative estimate of drug-likeness (QED) is 0.291. The Labute approximate surface area is 233 Å². The lowest BCUT2D eigenvalue weighted by Gasteiger charge is -2.35. The van der Waals surface area contributed by atoms with E-state index in [4.69, 9.17) is 19.9 Å². The SMILES string of the molecule is CCCCN(CCCCN)C(=O)CN1C[C@H](c2cc(OC)c3c(c2)OCO3)C(C(=O)O)[C@@H]1CC(C)(C)CCC. The number of amides is 1. The van der Waals surface area contributed by atoms with Crippen LogP contribution in [0.1, 0.15) is 84.1 Å². The lowest BCUT2D eigenvalue weighted by molar-refractivity contribution is -0.144. The highest BCUT2D eigenvalue weighted by Gasteiger charge is 2.49. The average molecular weight is 548 g/mol. The number of fused-ring (bicyclic) bond motifs is 1. The molecule has 0 radical (unpaired) electrons. The molecule has 2 aliphatic heterocycles. The molecule has 0 bridgehead atoms. The molecule has 1 unspecified atom stereocenters. The van der Waals surface area contributed by atoms with E-state index in [2.05, 4.69) is 32.6 Å². The first-order valence-corrected chi connectivity index (χ1v) is 14.6. The smallest absolute Gasteiger partial charge is 0.308 e. The lowest BCUT2D eigenvalue weighted by atomic mass is 9.76. The van der Waals surface area contributed by atoms with Crippen molar-refractivity contribution in [3.05, 3.63) is 17.7 Å². The van der Waals surface area contributed by atoms with Gasteiger partial charge in [0.25, 0.3) is 0 Å². The van der Waals surface area contributed by atoms with Crippen LogP contribution in [0, 0.1) is 11.3 Å². The number of aliphatic carboxylic acids is 1. The van der Waals surface area contributed by atoms with Crippen molar-refractivity contribution in [2.45, 2.75) is 84.6 Å². The van der Waals surface area contributed by atoms with E-state index in [9.17, 15) is 14.7 Å². The first-order chi connectivity index (χ1) is 18.6. The van der Waals surface area contributed by atoms with Crippen LogP contribution >= 0.6 is 0 Å². The van der Waals surface area contributed by atoms with Gasteiger partial charge in [-0.1, -0.05) is 40.5 Å². The van der Waals surface area contributed by atoms with Gasteiger partial charge in [0.2, 0.25) is 18.4 Å². The third-order valence-electron chi connectivity index (χ3n) is 8.19. The maximum absolute atomic E-state index is 13.7. The highest BCUT2D eigenvalue weighted by atomic mass is 16.7. The van der Waals surface area contributed by atoms with E-state index in [0.29, 0.717) is 49.8 Å². The number of ether oxygens (including phenoxy) is 3. The van der Waals surface area contributed by atoms with Crippen molar-refractivity contribution >= 4 is 11.9 Å². The largest absolute Gasteiger partial charge is 0.493 e. The van der Waals surface area contributed by atoms with Crippen LogP contribution in [-0.2, 0) is 9.59 Å². The van der Waals surface area contributed by atoms with Crippen LogP contribution in [0.2, 0.25) is 0 Å². The number of benzene rings is 1. The number of hydrogen-bond donors (Lipinski definition) is 2. The van der Waals surface area contributed by atoms with Gasteiger partial charge >= 0.3 is 5.97 Å². The molecule has 1 saturated heterocycles. The molecule has 39 heavy (non-hydrogen) atoms. The normalized spacial score (nSPS) is 20.8. The fraction of sp³-hybridized carbons (Fsp3) is 0.733. The fourth-order valence-electron chi connectivity index (χ4n) is 6.22. The predicted octanol–water partition coefficient (Wildman–Crippen LogP) is 4.48. The Hall–Kier alpha value is -2.52. The second-order valence-electron chi connectivity index (χ2n) is 11.8. The van der Waals surface area contributed by atoms with Crippen LogP contribution < -0.4 is 19.9 Å². The molecule has 220 valence electrons. The van der Waals surface area contributed by atoms with Gasteiger partial charge in [0.05, 0.1) is 19.6 Å². The van der Waals surface area contributed by atoms with E-state index in [0.717, 1.165) is 44.1 Å². The Morgan fingerprint density at radius 1 is 1.15 bits per heavy atom. The Morgan fingerprint density at radius 2 is 1.90 bits per heavy atom. The molecule has 3 atom stereocenters. The molecular formula is C30H49N3O6. The van der Waals surface area contributed by atoms with E-state index in [1.807, 2.05) is 17.0 Å². The minimum Gasteiger partial charge on any atom is -0.493 e. The molecule has 2 heterocycles. The van der Waals surface area contributed by atoms with Crippen LogP contribution in [0.5, 0.6) is 17.2 Å². The topological polar surface area (TPSA) is 115 Å². The summed E-state index contributed by atoms with van der Waals surface area (Å²) < 4.78 is 16.8. The zero-order valence-corrected chi connectivity index (χ0v) is 24.5. The summed E-state index contributed by atoms with van der Waals surface area (Å²) in [5.41, 5.74) is 6.48. The number of carbonyl (C=O) groups excluding carboxylic acids is 1. The van der Waals surface area contributed by atoms with Crippen molar-refractivity contribution in [2.24, 2.45) is 17.1 Å². The summed E-state index contributed by atoms with van der Waals surface area (Å²) in [5, 5.41) is 10.6. The Bertz CT molecular complexity index is 968.